The fourth-order valence-electron chi connectivity index (χ4n) is 2.00. The van der Waals surface area contributed by atoms with Gasteiger partial charge in [-0.05, 0) is 24.6 Å². The molecule has 0 spiro atoms. The van der Waals surface area contributed by atoms with E-state index in [1.54, 1.807) is 0 Å². The Kier molecular flexibility index (Phi) is 3.98. The second-order valence-corrected chi connectivity index (χ2v) is 4.25. The van der Waals surface area contributed by atoms with Gasteiger partial charge in [0.1, 0.15) is 11.9 Å². The monoisotopic (exact) mass is 235 g/mol. The Morgan fingerprint density at radius 3 is 3.06 bits per heavy atom. The Morgan fingerprint density at radius 1 is 1.47 bits per heavy atom. The van der Waals surface area contributed by atoms with E-state index in [1.807, 2.05) is 18.2 Å². The van der Waals surface area contributed by atoms with E-state index in [0.29, 0.717) is 6.42 Å². The van der Waals surface area contributed by atoms with Gasteiger partial charge in [0.05, 0.1) is 0 Å². The van der Waals surface area contributed by atoms with E-state index in [9.17, 15) is 4.79 Å². The summed E-state index contributed by atoms with van der Waals surface area (Å²) in [5.74, 6) is 0.237. The second kappa shape index (κ2) is 5.68. The Labute approximate surface area is 101 Å². The van der Waals surface area contributed by atoms with Crippen LogP contribution in [0.2, 0.25) is 0 Å². The van der Waals surface area contributed by atoms with Gasteiger partial charge in [0, 0.05) is 19.4 Å². The van der Waals surface area contributed by atoms with Crippen molar-refractivity contribution in [2.24, 2.45) is 0 Å². The minimum absolute atomic E-state index is 0.178. The molecule has 4 nitrogen and oxygen atoms in total. The number of carboxylic acids is 1. The summed E-state index contributed by atoms with van der Waals surface area (Å²) in [5.41, 5.74) is 1.25. The number of carboxylic acid groups (broad SMARTS) is 1. The van der Waals surface area contributed by atoms with E-state index in [-0.39, 0.29) is 12.5 Å². The molecule has 2 rings (SSSR count). The van der Waals surface area contributed by atoms with Crippen LogP contribution in [0.4, 0.5) is 0 Å². The molecule has 1 atom stereocenters. The summed E-state index contributed by atoms with van der Waals surface area (Å²) in [6.07, 6.45) is 1.99. The van der Waals surface area contributed by atoms with Gasteiger partial charge in [0.2, 0.25) is 0 Å². The van der Waals surface area contributed by atoms with Crippen molar-refractivity contribution < 1.29 is 14.6 Å². The number of rotatable bonds is 6. The van der Waals surface area contributed by atoms with Crippen LogP contribution in [0.5, 0.6) is 5.75 Å². The molecule has 17 heavy (non-hydrogen) atoms. The molecule has 0 aromatic heterocycles. The number of para-hydroxylation sites is 1. The van der Waals surface area contributed by atoms with Gasteiger partial charge in [-0.3, -0.25) is 4.79 Å². The van der Waals surface area contributed by atoms with Crippen molar-refractivity contribution in [2.45, 2.75) is 25.4 Å². The highest BCUT2D eigenvalue weighted by Crippen LogP contribution is 2.27. The van der Waals surface area contributed by atoms with Crippen LogP contribution in [-0.2, 0) is 11.2 Å². The molecule has 0 saturated heterocycles. The molecule has 4 heteroatoms. The number of hydrogen-bond donors (Lipinski definition) is 2. The highest BCUT2D eigenvalue weighted by molar-refractivity contribution is 5.66. The third-order valence-corrected chi connectivity index (χ3v) is 2.83. The summed E-state index contributed by atoms with van der Waals surface area (Å²) in [6.45, 7) is 1.50. The number of ether oxygens (including phenoxy) is 1. The molecule has 0 radical (unpaired) electrons. The molecule has 1 heterocycles. The van der Waals surface area contributed by atoms with Crippen LogP contribution >= 0.6 is 0 Å². The van der Waals surface area contributed by atoms with Gasteiger partial charge in [-0.15, -0.1) is 0 Å². The highest BCUT2D eigenvalue weighted by Gasteiger charge is 2.21. The van der Waals surface area contributed by atoms with E-state index in [4.69, 9.17) is 9.84 Å². The van der Waals surface area contributed by atoms with Crippen LogP contribution in [-0.4, -0.2) is 30.3 Å². The molecule has 1 unspecified atom stereocenters. The van der Waals surface area contributed by atoms with Crippen LogP contribution in [0.15, 0.2) is 24.3 Å². The fraction of sp³-hybridized carbons (Fsp3) is 0.462. The van der Waals surface area contributed by atoms with Gasteiger partial charge in [-0.1, -0.05) is 18.2 Å². The number of aliphatic carboxylic acids is 1. The predicted octanol–water partition coefficient (Wildman–Crippen LogP) is 1.44. The van der Waals surface area contributed by atoms with Gasteiger partial charge in [0.15, 0.2) is 0 Å². The molecular weight excluding hydrogens is 218 g/mol. The van der Waals surface area contributed by atoms with E-state index >= 15 is 0 Å². The zero-order chi connectivity index (χ0) is 12.1. The molecule has 0 aliphatic carbocycles. The van der Waals surface area contributed by atoms with Gasteiger partial charge in [-0.2, -0.15) is 0 Å². The molecule has 0 saturated carbocycles. The van der Waals surface area contributed by atoms with Crippen molar-refractivity contribution in [2.75, 3.05) is 13.1 Å². The Balaban J connectivity index is 1.65. The van der Waals surface area contributed by atoms with Crippen LogP contribution in [0.25, 0.3) is 0 Å². The lowest BCUT2D eigenvalue weighted by molar-refractivity contribution is -0.137. The molecule has 1 aliphatic heterocycles. The van der Waals surface area contributed by atoms with Crippen molar-refractivity contribution in [1.82, 2.24) is 5.32 Å². The topological polar surface area (TPSA) is 58.6 Å². The standard InChI is InChI=1S/C13H17NO3/c15-13(16)6-3-7-14-9-11-8-10-4-1-2-5-12(10)17-11/h1-2,4-5,11,14H,3,6-9H2,(H,15,16). The van der Waals surface area contributed by atoms with Crippen LogP contribution in [0.3, 0.4) is 0 Å². The normalized spacial score (nSPS) is 17.5. The van der Waals surface area contributed by atoms with E-state index < -0.39 is 5.97 Å². The van der Waals surface area contributed by atoms with Crippen LogP contribution in [0.1, 0.15) is 18.4 Å². The van der Waals surface area contributed by atoms with E-state index in [1.165, 1.54) is 5.56 Å². The van der Waals surface area contributed by atoms with Gasteiger partial charge in [-0.25, -0.2) is 0 Å². The first-order valence-electron chi connectivity index (χ1n) is 5.93. The zero-order valence-corrected chi connectivity index (χ0v) is 9.69. The first-order valence-corrected chi connectivity index (χ1v) is 5.93. The van der Waals surface area contributed by atoms with Crippen molar-refractivity contribution >= 4 is 5.97 Å². The zero-order valence-electron chi connectivity index (χ0n) is 9.69. The smallest absolute Gasteiger partial charge is 0.303 e. The third kappa shape index (κ3) is 3.46. The van der Waals surface area contributed by atoms with Crippen LogP contribution in [0, 0.1) is 0 Å². The lowest BCUT2D eigenvalue weighted by Crippen LogP contribution is -2.30. The molecular formula is C13H17NO3. The summed E-state index contributed by atoms with van der Waals surface area (Å²) < 4.78 is 5.76. The largest absolute Gasteiger partial charge is 0.488 e. The number of nitrogens with one attached hydrogen (secondary N) is 1. The Hall–Kier alpha value is -1.55. The fourth-order valence-corrected chi connectivity index (χ4v) is 2.00. The first kappa shape index (κ1) is 11.9. The quantitative estimate of drug-likeness (QED) is 0.733. The van der Waals surface area contributed by atoms with Crippen molar-refractivity contribution in [3.8, 4) is 5.75 Å². The molecule has 92 valence electrons. The van der Waals surface area contributed by atoms with E-state index in [2.05, 4.69) is 11.4 Å². The third-order valence-electron chi connectivity index (χ3n) is 2.83. The minimum atomic E-state index is -0.740. The van der Waals surface area contributed by atoms with E-state index in [0.717, 1.165) is 25.3 Å². The van der Waals surface area contributed by atoms with Crippen molar-refractivity contribution in [1.29, 1.82) is 0 Å². The molecule has 1 aliphatic rings. The SMILES string of the molecule is O=C(O)CCCNCC1Cc2ccccc2O1. The lowest BCUT2D eigenvalue weighted by Gasteiger charge is -2.11. The summed E-state index contributed by atoms with van der Waals surface area (Å²) in [7, 11) is 0. The Bertz CT molecular complexity index is 367. The molecule has 1 aromatic carbocycles. The van der Waals surface area contributed by atoms with Crippen LogP contribution < -0.4 is 10.1 Å². The Morgan fingerprint density at radius 2 is 2.29 bits per heavy atom. The van der Waals surface area contributed by atoms with Gasteiger partial charge in [0.25, 0.3) is 0 Å². The molecule has 0 bridgehead atoms. The molecule has 2 N–H and O–H groups in total. The van der Waals surface area contributed by atoms with Crippen molar-refractivity contribution in [3.05, 3.63) is 29.8 Å². The summed E-state index contributed by atoms with van der Waals surface area (Å²) in [4.78, 5) is 10.3. The number of hydrogen-bond acceptors (Lipinski definition) is 3. The maximum Gasteiger partial charge on any atom is 0.303 e. The maximum atomic E-state index is 10.3. The van der Waals surface area contributed by atoms with Crippen molar-refractivity contribution in [3.63, 3.8) is 0 Å². The first-order chi connectivity index (χ1) is 8.25. The molecule has 0 fully saturated rings. The number of carbonyl (C=O) groups is 1. The molecule has 1 aromatic rings. The maximum absolute atomic E-state index is 10.3. The van der Waals surface area contributed by atoms with Gasteiger partial charge < -0.3 is 15.2 Å². The average molecular weight is 235 g/mol. The summed E-state index contributed by atoms with van der Waals surface area (Å²) in [6, 6.07) is 8.06. The second-order valence-electron chi connectivity index (χ2n) is 4.25. The lowest BCUT2D eigenvalue weighted by atomic mass is 10.1. The molecule has 0 amide bonds. The number of benzene rings is 1. The number of fused-ring (bicyclic) bond motifs is 1. The highest BCUT2D eigenvalue weighted by atomic mass is 16.5. The summed E-state index contributed by atoms with van der Waals surface area (Å²) >= 11 is 0. The average Bonchev–Trinajstić information content (AvgIpc) is 2.70. The van der Waals surface area contributed by atoms with Gasteiger partial charge >= 0.3 is 5.97 Å². The minimum Gasteiger partial charge on any atom is -0.488 e. The predicted molar refractivity (Wildman–Crippen MR) is 64.3 cm³/mol. The summed E-state index contributed by atoms with van der Waals surface area (Å²) in [5, 5.41) is 11.7.